The first-order valence-electron chi connectivity index (χ1n) is 2.17. The molecule has 44 valence electrons. The van der Waals surface area contributed by atoms with Crippen LogP contribution >= 0.6 is 24.0 Å². The van der Waals surface area contributed by atoms with Crippen molar-refractivity contribution in [3.05, 3.63) is 0 Å². The number of thioether (sulfide) groups is 1. The Morgan fingerprint density at radius 3 is 2.62 bits per heavy atom. The number of carbonyl (C=O) groups is 1. The smallest absolute Gasteiger partial charge is 0.165 e. The largest absolute Gasteiger partial charge is 0.317 e. The maximum atomic E-state index is 10.6. The molecule has 8 heavy (non-hydrogen) atoms. The van der Waals surface area contributed by atoms with E-state index in [0.717, 1.165) is 0 Å². The first-order valence-corrected chi connectivity index (χ1v) is 3.56. The second-order valence-electron chi connectivity index (χ2n) is 1.55. The first kappa shape index (κ1) is 6.19. The molecule has 0 aromatic carbocycles. The molecular formula is C4H5NOS2. The molecule has 0 saturated carbocycles. The highest BCUT2D eigenvalue weighted by atomic mass is 32.2. The lowest BCUT2D eigenvalue weighted by atomic mass is 10.3. The van der Waals surface area contributed by atoms with Gasteiger partial charge in [-0.25, -0.2) is 0 Å². The van der Waals surface area contributed by atoms with Gasteiger partial charge < -0.3 is 5.73 Å². The molecule has 4 heteroatoms. The number of rotatable bonds is 0. The molecule has 0 aromatic heterocycles. The van der Waals surface area contributed by atoms with E-state index in [1.165, 1.54) is 11.8 Å². The van der Waals surface area contributed by atoms with Crippen molar-refractivity contribution < 1.29 is 4.79 Å². The molecular weight excluding hydrogens is 142 g/mol. The maximum absolute atomic E-state index is 10.6. The predicted molar refractivity (Wildman–Crippen MR) is 38.0 cm³/mol. The van der Waals surface area contributed by atoms with Crippen molar-refractivity contribution in [2.75, 3.05) is 5.75 Å². The van der Waals surface area contributed by atoms with Crippen molar-refractivity contribution in [1.29, 1.82) is 0 Å². The molecule has 2 nitrogen and oxygen atoms in total. The molecule has 1 fully saturated rings. The maximum Gasteiger partial charge on any atom is 0.165 e. The number of hydrogen-bond donors (Lipinski definition) is 1. The van der Waals surface area contributed by atoms with Gasteiger partial charge in [-0.1, -0.05) is 12.2 Å². The summed E-state index contributed by atoms with van der Waals surface area (Å²) in [6.45, 7) is 0. The Morgan fingerprint density at radius 1 is 1.88 bits per heavy atom. The van der Waals surface area contributed by atoms with Crippen LogP contribution in [0.1, 0.15) is 0 Å². The predicted octanol–water partition coefficient (Wildman–Crippen LogP) is -0.0430. The van der Waals surface area contributed by atoms with Gasteiger partial charge in [-0.2, -0.15) is 0 Å². The normalized spacial score (nSPS) is 29.4. The second kappa shape index (κ2) is 2.13. The zero-order valence-electron chi connectivity index (χ0n) is 4.09. The molecule has 1 atom stereocenters. The van der Waals surface area contributed by atoms with Gasteiger partial charge in [-0.3, -0.25) is 4.79 Å². The van der Waals surface area contributed by atoms with Gasteiger partial charge >= 0.3 is 0 Å². The van der Waals surface area contributed by atoms with Gasteiger partial charge in [0.05, 0.1) is 9.95 Å². The lowest BCUT2D eigenvalue weighted by Crippen LogP contribution is -2.30. The van der Waals surface area contributed by atoms with Crippen molar-refractivity contribution in [1.82, 2.24) is 0 Å². The third-order valence-corrected chi connectivity index (χ3v) is 2.53. The van der Waals surface area contributed by atoms with E-state index in [4.69, 9.17) is 18.0 Å². The molecule has 1 aliphatic rings. The molecule has 0 aliphatic carbocycles. The van der Waals surface area contributed by atoms with Crippen molar-refractivity contribution in [3.63, 3.8) is 0 Å². The van der Waals surface area contributed by atoms with Crippen molar-refractivity contribution in [2.45, 2.75) is 6.04 Å². The van der Waals surface area contributed by atoms with Crippen LogP contribution in [0.3, 0.4) is 0 Å². The van der Waals surface area contributed by atoms with Crippen LogP contribution in [0.4, 0.5) is 0 Å². The third-order valence-electron chi connectivity index (χ3n) is 0.958. The van der Waals surface area contributed by atoms with E-state index in [0.29, 0.717) is 9.95 Å². The van der Waals surface area contributed by atoms with Gasteiger partial charge in [0.2, 0.25) is 0 Å². The standard InChI is InChI=1S/C4H5NOS2/c5-3-2(6)1-8-4(3)7/h3H,1,5H2/t3-/m0/s1. The number of hydrogen-bond acceptors (Lipinski definition) is 4. The molecule has 2 N–H and O–H groups in total. The molecule has 1 saturated heterocycles. The molecule has 0 unspecified atom stereocenters. The number of thiocarbonyl (C=S) groups is 1. The molecule has 1 rings (SSSR count). The summed E-state index contributed by atoms with van der Waals surface area (Å²) in [5.41, 5.74) is 5.31. The van der Waals surface area contributed by atoms with Crippen LogP contribution in [0.15, 0.2) is 0 Å². The van der Waals surface area contributed by atoms with Gasteiger partial charge in [0.25, 0.3) is 0 Å². The van der Waals surface area contributed by atoms with Crippen LogP contribution in [0.25, 0.3) is 0 Å². The molecule has 0 bridgehead atoms. The molecule has 1 aliphatic heterocycles. The minimum Gasteiger partial charge on any atom is -0.317 e. The molecule has 0 spiro atoms. The molecule has 0 radical (unpaired) electrons. The summed E-state index contributed by atoms with van der Waals surface area (Å²) in [7, 11) is 0. The van der Waals surface area contributed by atoms with Crippen molar-refractivity contribution in [3.8, 4) is 0 Å². The lowest BCUT2D eigenvalue weighted by molar-refractivity contribution is -0.116. The Bertz CT molecular complexity index is 129. The zero-order chi connectivity index (χ0) is 6.15. The number of nitrogens with two attached hydrogens (primary N) is 1. The summed E-state index contributed by atoms with van der Waals surface area (Å²) < 4.78 is 0.634. The summed E-state index contributed by atoms with van der Waals surface area (Å²) in [6, 6.07) is -0.463. The van der Waals surface area contributed by atoms with E-state index in [1.54, 1.807) is 0 Å². The van der Waals surface area contributed by atoms with E-state index in [2.05, 4.69) is 0 Å². The fraction of sp³-hybridized carbons (Fsp3) is 0.500. The van der Waals surface area contributed by atoms with Crippen LogP contribution in [0.2, 0.25) is 0 Å². The Hall–Kier alpha value is 0.0700. The van der Waals surface area contributed by atoms with E-state index >= 15 is 0 Å². The lowest BCUT2D eigenvalue weighted by Gasteiger charge is -1.93. The first-order chi connectivity index (χ1) is 3.72. The molecule has 0 amide bonds. The van der Waals surface area contributed by atoms with Gasteiger partial charge in [-0.05, 0) is 0 Å². The van der Waals surface area contributed by atoms with Gasteiger partial charge in [0, 0.05) is 0 Å². The van der Waals surface area contributed by atoms with Crippen molar-refractivity contribution >= 4 is 34.0 Å². The highest BCUT2D eigenvalue weighted by Gasteiger charge is 2.25. The number of Topliss-reactive ketones (excluding diaryl/α,β-unsaturated/α-hetero) is 1. The Morgan fingerprint density at radius 2 is 2.50 bits per heavy atom. The Balaban J connectivity index is 2.70. The van der Waals surface area contributed by atoms with E-state index < -0.39 is 6.04 Å². The van der Waals surface area contributed by atoms with Crippen LogP contribution in [-0.2, 0) is 4.79 Å². The minimum absolute atomic E-state index is 0.0556. The zero-order valence-corrected chi connectivity index (χ0v) is 5.72. The second-order valence-corrected chi connectivity index (χ2v) is 3.27. The van der Waals surface area contributed by atoms with Crippen molar-refractivity contribution in [2.24, 2.45) is 5.73 Å². The summed E-state index contributed by atoms with van der Waals surface area (Å²) in [6.07, 6.45) is 0. The highest BCUT2D eigenvalue weighted by Crippen LogP contribution is 2.16. The van der Waals surface area contributed by atoms with Crippen LogP contribution in [0, 0.1) is 0 Å². The van der Waals surface area contributed by atoms with Crippen LogP contribution < -0.4 is 5.73 Å². The summed E-state index contributed by atoms with van der Waals surface area (Å²) >= 11 is 6.11. The number of carbonyl (C=O) groups excluding carboxylic acids is 1. The quantitative estimate of drug-likeness (QED) is 0.488. The van der Waals surface area contributed by atoms with Gasteiger partial charge in [0.1, 0.15) is 6.04 Å². The summed E-state index contributed by atoms with van der Waals surface area (Å²) in [5, 5.41) is 0. The van der Waals surface area contributed by atoms with Gasteiger partial charge in [0.15, 0.2) is 5.78 Å². The molecule has 1 heterocycles. The third kappa shape index (κ3) is 0.913. The van der Waals surface area contributed by atoms with Crippen LogP contribution in [-0.4, -0.2) is 21.8 Å². The summed E-state index contributed by atoms with van der Waals surface area (Å²) in [5.74, 6) is 0.528. The Labute approximate surface area is 56.8 Å². The van der Waals surface area contributed by atoms with E-state index in [9.17, 15) is 4.79 Å². The highest BCUT2D eigenvalue weighted by molar-refractivity contribution is 8.24. The molecule has 0 aromatic rings. The minimum atomic E-state index is -0.463. The van der Waals surface area contributed by atoms with E-state index in [1.807, 2.05) is 0 Å². The average molecular weight is 147 g/mol. The fourth-order valence-electron chi connectivity index (χ4n) is 0.453. The monoisotopic (exact) mass is 147 g/mol. The van der Waals surface area contributed by atoms with E-state index in [-0.39, 0.29) is 5.78 Å². The topological polar surface area (TPSA) is 43.1 Å². The fourth-order valence-corrected chi connectivity index (χ4v) is 1.54. The van der Waals surface area contributed by atoms with Crippen LogP contribution in [0.5, 0.6) is 0 Å². The summed E-state index contributed by atoms with van der Waals surface area (Å²) in [4.78, 5) is 10.6. The Kier molecular flexibility index (Phi) is 1.65. The number of ketones is 1. The van der Waals surface area contributed by atoms with Gasteiger partial charge in [-0.15, -0.1) is 11.8 Å². The SMILES string of the molecule is N[C@H]1C(=O)CSC1=S. The average Bonchev–Trinajstić information content (AvgIpc) is 1.98.